The van der Waals surface area contributed by atoms with Crippen molar-refractivity contribution in [3.8, 4) is 0 Å². The molecule has 0 saturated heterocycles. The normalized spacial score (nSPS) is 17.3. The number of hydrogen-bond acceptors (Lipinski definition) is 3. The summed E-state index contributed by atoms with van der Waals surface area (Å²) in [5.41, 5.74) is 1.60. The molecule has 1 atom stereocenters. The number of halogens is 1. The van der Waals surface area contributed by atoms with Gasteiger partial charge in [-0.2, -0.15) is 0 Å². The zero-order valence-electron chi connectivity index (χ0n) is 14.6. The number of amides is 1. The van der Waals surface area contributed by atoms with Crippen LogP contribution in [0.5, 0.6) is 0 Å². The van der Waals surface area contributed by atoms with E-state index in [1.54, 1.807) is 12.1 Å². The standard InChI is InChI=1S/C20H23FN2OS/c1-15-11-12-23(18-9-5-6-10-19(18)25-15)20(24)14-22(2)13-16-7-3-4-8-17(16)21/h3-10,15H,11-14H2,1-2H3/t15-/m1/s1. The molecule has 0 aliphatic carbocycles. The molecule has 0 saturated carbocycles. The van der Waals surface area contributed by atoms with E-state index in [2.05, 4.69) is 13.0 Å². The van der Waals surface area contributed by atoms with Gasteiger partial charge in [-0.3, -0.25) is 9.69 Å². The highest BCUT2D eigenvalue weighted by Gasteiger charge is 2.24. The van der Waals surface area contributed by atoms with Gasteiger partial charge >= 0.3 is 0 Å². The third kappa shape index (κ3) is 4.41. The smallest absolute Gasteiger partial charge is 0.241 e. The number of para-hydroxylation sites is 1. The highest BCUT2D eigenvalue weighted by atomic mass is 32.2. The van der Waals surface area contributed by atoms with Crippen molar-refractivity contribution in [2.45, 2.75) is 30.0 Å². The predicted molar refractivity (Wildman–Crippen MR) is 101 cm³/mol. The van der Waals surface area contributed by atoms with Crippen LogP contribution in [-0.4, -0.2) is 36.2 Å². The van der Waals surface area contributed by atoms with E-state index in [4.69, 9.17) is 0 Å². The average Bonchev–Trinajstić information content (AvgIpc) is 2.75. The quantitative estimate of drug-likeness (QED) is 0.819. The minimum Gasteiger partial charge on any atom is -0.310 e. The fourth-order valence-corrected chi connectivity index (χ4v) is 4.15. The fraction of sp³-hybridized carbons (Fsp3) is 0.350. The lowest BCUT2D eigenvalue weighted by Crippen LogP contribution is -2.39. The third-order valence-corrected chi connectivity index (χ3v) is 5.58. The fourth-order valence-electron chi connectivity index (χ4n) is 3.04. The van der Waals surface area contributed by atoms with Gasteiger partial charge in [0.25, 0.3) is 0 Å². The Balaban J connectivity index is 1.71. The van der Waals surface area contributed by atoms with Crippen LogP contribution in [0.25, 0.3) is 0 Å². The summed E-state index contributed by atoms with van der Waals surface area (Å²) in [7, 11) is 1.85. The molecule has 2 aromatic carbocycles. The topological polar surface area (TPSA) is 23.6 Å². The van der Waals surface area contributed by atoms with Crippen molar-refractivity contribution < 1.29 is 9.18 Å². The maximum Gasteiger partial charge on any atom is 0.241 e. The molecule has 5 heteroatoms. The Bertz CT molecular complexity index is 752. The van der Waals surface area contributed by atoms with Crippen molar-refractivity contribution in [2.24, 2.45) is 0 Å². The van der Waals surface area contributed by atoms with E-state index >= 15 is 0 Å². The number of benzene rings is 2. The molecule has 1 heterocycles. The number of likely N-dealkylation sites (N-methyl/N-ethyl adjacent to an activating group) is 1. The third-order valence-electron chi connectivity index (χ3n) is 4.35. The molecule has 25 heavy (non-hydrogen) atoms. The van der Waals surface area contributed by atoms with Gasteiger partial charge in [-0.05, 0) is 31.7 Å². The molecular weight excluding hydrogens is 335 g/mol. The molecule has 0 unspecified atom stereocenters. The van der Waals surface area contributed by atoms with Gasteiger partial charge in [0.1, 0.15) is 5.82 Å². The van der Waals surface area contributed by atoms with Gasteiger partial charge in [-0.1, -0.05) is 37.3 Å². The van der Waals surface area contributed by atoms with Gasteiger partial charge in [-0.25, -0.2) is 4.39 Å². The van der Waals surface area contributed by atoms with E-state index in [1.165, 1.54) is 6.07 Å². The number of anilines is 1. The molecular formula is C20H23FN2OS. The van der Waals surface area contributed by atoms with Crippen LogP contribution in [0, 0.1) is 5.82 Å². The van der Waals surface area contributed by atoms with Crippen LogP contribution in [0.15, 0.2) is 53.4 Å². The minimum absolute atomic E-state index is 0.0565. The van der Waals surface area contributed by atoms with Crippen LogP contribution in [0.4, 0.5) is 10.1 Å². The molecule has 0 radical (unpaired) electrons. The van der Waals surface area contributed by atoms with Crippen LogP contribution in [0.3, 0.4) is 0 Å². The zero-order chi connectivity index (χ0) is 17.8. The summed E-state index contributed by atoms with van der Waals surface area (Å²) in [6, 6.07) is 14.8. The van der Waals surface area contributed by atoms with E-state index in [1.807, 2.05) is 52.9 Å². The van der Waals surface area contributed by atoms with Crippen molar-refractivity contribution >= 4 is 23.4 Å². The molecule has 1 aliphatic heterocycles. The number of rotatable bonds is 4. The van der Waals surface area contributed by atoms with E-state index < -0.39 is 0 Å². The number of nitrogens with zero attached hydrogens (tertiary/aromatic N) is 2. The van der Waals surface area contributed by atoms with Crippen molar-refractivity contribution in [2.75, 3.05) is 25.0 Å². The summed E-state index contributed by atoms with van der Waals surface area (Å²) < 4.78 is 13.8. The second-order valence-electron chi connectivity index (χ2n) is 6.49. The van der Waals surface area contributed by atoms with Crippen molar-refractivity contribution in [1.82, 2.24) is 4.90 Å². The maximum absolute atomic E-state index is 13.8. The van der Waals surface area contributed by atoms with Crippen LogP contribution < -0.4 is 4.90 Å². The summed E-state index contributed by atoms with van der Waals surface area (Å²) >= 11 is 1.82. The minimum atomic E-state index is -0.229. The van der Waals surface area contributed by atoms with Gasteiger partial charge < -0.3 is 4.90 Å². The van der Waals surface area contributed by atoms with E-state index in [-0.39, 0.29) is 18.3 Å². The zero-order valence-corrected chi connectivity index (χ0v) is 15.4. The summed E-state index contributed by atoms with van der Waals surface area (Å²) in [5.74, 6) is -0.173. The monoisotopic (exact) mass is 358 g/mol. The Hall–Kier alpha value is -1.85. The van der Waals surface area contributed by atoms with Gasteiger partial charge in [0, 0.05) is 28.8 Å². The van der Waals surface area contributed by atoms with Gasteiger partial charge in [0.05, 0.1) is 12.2 Å². The second kappa shape index (κ2) is 8.02. The van der Waals surface area contributed by atoms with Crippen LogP contribution in [0.1, 0.15) is 18.9 Å². The number of carbonyl (C=O) groups is 1. The first-order valence-electron chi connectivity index (χ1n) is 8.52. The molecule has 1 amide bonds. The van der Waals surface area contributed by atoms with Gasteiger partial charge in [0.15, 0.2) is 0 Å². The Morgan fingerprint density at radius 2 is 1.96 bits per heavy atom. The highest BCUT2D eigenvalue weighted by molar-refractivity contribution is 8.00. The number of thioether (sulfide) groups is 1. The van der Waals surface area contributed by atoms with Crippen LogP contribution in [-0.2, 0) is 11.3 Å². The Labute approximate surface area is 152 Å². The van der Waals surface area contributed by atoms with E-state index in [0.29, 0.717) is 17.4 Å². The number of carbonyl (C=O) groups excluding carboxylic acids is 1. The first-order chi connectivity index (χ1) is 12.0. The number of fused-ring (bicyclic) bond motifs is 1. The lowest BCUT2D eigenvalue weighted by Gasteiger charge is -2.25. The van der Waals surface area contributed by atoms with Crippen molar-refractivity contribution in [3.05, 3.63) is 59.9 Å². The average molecular weight is 358 g/mol. The molecule has 3 rings (SSSR count). The maximum atomic E-state index is 13.8. The second-order valence-corrected chi connectivity index (χ2v) is 7.97. The summed E-state index contributed by atoms with van der Waals surface area (Å²) in [6.07, 6.45) is 0.960. The van der Waals surface area contributed by atoms with Crippen molar-refractivity contribution in [1.29, 1.82) is 0 Å². The van der Waals surface area contributed by atoms with Gasteiger partial charge in [-0.15, -0.1) is 11.8 Å². The predicted octanol–water partition coefficient (Wildman–Crippen LogP) is 4.18. The molecule has 0 spiro atoms. The lowest BCUT2D eigenvalue weighted by molar-refractivity contribution is -0.119. The first-order valence-corrected chi connectivity index (χ1v) is 9.40. The first kappa shape index (κ1) is 18.0. The Morgan fingerprint density at radius 3 is 2.76 bits per heavy atom. The van der Waals surface area contributed by atoms with Gasteiger partial charge in [0.2, 0.25) is 5.91 Å². The molecule has 0 N–H and O–H groups in total. The van der Waals surface area contributed by atoms with Crippen molar-refractivity contribution in [3.63, 3.8) is 0 Å². The Morgan fingerprint density at radius 1 is 1.24 bits per heavy atom. The summed E-state index contributed by atoms with van der Waals surface area (Å²) in [4.78, 5) is 17.8. The SMILES string of the molecule is C[C@@H]1CCN(C(=O)CN(C)Cc2ccccc2F)c2ccccc2S1. The molecule has 3 nitrogen and oxygen atoms in total. The number of hydrogen-bond donors (Lipinski definition) is 0. The lowest BCUT2D eigenvalue weighted by atomic mass is 10.2. The van der Waals surface area contributed by atoms with E-state index in [9.17, 15) is 9.18 Å². The molecule has 0 fully saturated rings. The molecule has 0 aromatic heterocycles. The largest absolute Gasteiger partial charge is 0.310 e. The molecule has 2 aromatic rings. The molecule has 1 aliphatic rings. The molecule has 0 bridgehead atoms. The highest BCUT2D eigenvalue weighted by Crippen LogP contribution is 2.37. The Kier molecular flexibility index (Phi) is 5.76. The summed E-state index contributed by atoms with van der Waals surface area (Å²) in [5, 5.41) is 0.482. The summed E-state index contributed by atoms with van der Waals surface area (Å²) in [6.45, 7) is 3.60. The van der Waals surface area contributed by atoms with E-state index in [0.717, 1.165) is 23.5 Å². The molecule has 132 valence electrons. The van der Waals surface area contributed by atoms with Crippen LogP contribution >= 0.6 is 11.8 Å². The van der Waals surface area contributed by atoms with Crippen LogP contribution in [0.2, 0.25) is 0 Å².